The van der Waals surface area contributed by atoms with E-state index in [9.17, 15) is 24.0 Å². The van der Waals surface area contributed by atoms with Crippen LogP contribution in [0, 0.1) is 0 Å². The lowest BCUT2D eigenvalue weighted by Gasteiger charge is -2.29. The molecule has 1 aromatic carbocycles. The minimum Gasteiger partial charge on any atom is -0.322 e. The summed E-state index contributed by atoms with van der Waals surface area (Å²) in [5.74, 6) is -2.73. The molecule has 1 aromatic heterocycles. The predicted molar refractivity (Wildman–Crippen MR) is 96.4 cm³/mol. The fourth-order valence-corrected chi connectivity index (χ4v) is 3.89. The molecule has 0 bridgehead atoms. The lowest BCUT2D eigenvalue weighted by molar-refractivity contribution is -0.136. The molecule has 1 fully saturated rings. The van der Waals surface area contributed by atoms with Crippen molar-refractivity contribution in [2.24, 2.45) is 0 Å². The summed E-state index contributed by atoms with van der Waals surface area (Å²) < 4.78 is 0. The van der Waals surface area contributed by atoms with Gasteiger partial charge in [-0.1, -0.05) is 12.1 Å². The molecule has 2 aliphatic heterocycles. The molecular formula is C18H14N4O5S. The van der Waals surface area contributed by atoms with Gasteiger partial charge in [-0.3, -0.25) is 34.6 Å². The van der Waals surface area contributed by atoms with Crippen LogP contribution in [0.1, 0.15) is 48.9 Å². The van der Waals surface area contributed by atoms with Crippen LogP contribution in [0.3, 0.4) is 0 Å². The number of amides is 5. The smallest absolute Gasteiger partial charge is 0.287 e. The second-order valence-corrected chi connectivity index (χ2v) is 7.25. The third-order valence-electron chi connectivity index (χ3n) is 4.65. The zero-order valence-electron chi connectivity index (χ0n) is 14.4. The summed E-state index contributed by atoms with van der Waals surface area (Å²) in [5.41, 5.74) is 0.808. The first kappa shape index (κ1) is 18.0. The fraction of sp³-hybridized carbons (Fsp3) is 0.222. The van der Waals surface area contributed by atoms with Crippen molar-refractivity contribution in [3.05, 3.63) is 51.5 Å². The normalized spacial score (nSPS) is 18.6. The molecule has 2 aromatic rings. The largest absolute Gasteiger partial charge is 0.322 e. The van der Waals surface area contributed by atoms with Crippen molar-refractivity contribution in [3.63, 3.8) is 0 Å². The Kier molecular flexibility index (Phi) is 4.47. The second kappa shape index (κ2) is 6.97. The topological polar surface area (TPSA) is 126 Å². The number of imide groups is 2. The summed E-state index contributed by atoms with van der Waals surface area (Å²) in [5, 5.41) is 6.21. The number of benzene rings is 1. The first-order valence-electron chi connectivity index (χ1n) is 8.47. The lowest BCUT2D eigenvalue weighted by atomic mass is 10.0. The van der Waals surface area contributed by atoms with Crippen LogP contribution in [0.4, 0.5) is 0 Å². The van der Waals surface area contributed by atoms with Crippen molar-refractivity contribution in [2.75, 3.05) is 0 Å². The number of carbonyl (C=O) groups is 5. The molecular weight excluding hydrogens is 384 g/mol. The van der Waals surface area contributed by atoms with Gasteiger partial charge >= 0.3 is 0 Å². The maximum absolute atomic E-state index is 12.9. The van der Waals surface area contributed by atoms with Crippen molar-refractivity contribution in [1.82, 2.24) is 20.5 Å². The summed E-state index contributed by atoms with van der Waals surface area (Å²) in [6.45, 7) is 0.155. The highest BCUT2D eigenvalue weighted by Crippen LogP contribution is 2.29. The third kappa shape index (κ3) is 3.07. The first-order valence-corrected chi connectivity index (χ1v) is 9.35. The summed E-state index contributed by atoms with van der Waals surface area (Å²) in [7, 11) is 0. The lowest BCUT2D eigenvalue weighted by Crippen LogP contribution is -2.52. The van der Waals surface area contributed by atoms with E-state index in [1.165, 1.54) is 17.2 Å². The van der Waals surface area contributed by atoms with E-state index in [1.54, 1.807) is 17.5 Å². The van der Waals surface area contributed by atoms with Gasteiger partial charge in [-0.15, -0.1) is 11.3 Å². The van der Waals surface area contributed by atoms with Crippen molar-refractivity contribution < 1.29 is 24.0 Å². The number of hydrogen-bond acceptors (Lipinski definition) is 7. The van der Waals surface area contributed by atoms with Crippen molar-refractivity contribution in [3.8, 4) is 0 Å². The molecule has 28 heavy (non-hydrogen) atoms. The minimum atomic E-state index is -0.773. The Balaban J connectivity index is 1.58. The Morgan fingerprint density at radius 2 is 2.04 bits per heavy atom. The van der Waals surface area contributed by atoms with Gasteiger partial charge in [0.1, 0.15) is 6.04 Å². The Morgan fingerprint density at radius 1 is 1.21 bits per heavy atom. The number of nitrogens with zero attached hydrogens (tertiary/aromatic N) is 2. The molecule has 4 rings (SSSR count). The monoisotopic (exact) mass is 398 g/mol. The Hall–Kier alpha value is -3.40. The van der Waals surface area contributed by atoms with Gasteiger partial charge in [-0.2, -0.15) is 0 Å². The van der Waals surface area contributed by atoms with E-state index < -0.39 is 29.7 Å². The molecule has 1 unspecified atom stereocenters. The van der Waals surface area contributed by atoms with Gasteiger partial charge in [-0.25, -0.2) is 4.98 Å². The van der Waals surface area contributed by atoms with Crippen molar-refractivity contribution in [2.45, 2.75) is 25.4 Å². The van der Waals surface area contributed by atoms with Crippen LogP contribution in [0.25, 0.3) is 0 Å². The number of rotatable bonds is 3. The fourth-order valence-electron chi connectivity index (χ4n) is 3.36. The van der Waals surface area contributed by atoms with Crippen LogP contribution in [0.15, 0.2) is 29.8 Å². The molecule has 0 spiro atoms. The number of piperidine rings is 1. The average molecular weight is 398 g/mol. The zero-order valence-corrected chi connectivity index (χ0v) is 15.2. The summed E-state index contributed by atoms with van der Waals surface area (Å²) >= 11 is 1.09. The van der Waals surface area contributed by atoms with Crippen LogP contribution in [0.2, 0.25) is 0 Å². The van der Waals surface area contributed by atoms with Gasteiger partial charge in [-0.05, 0) is 18.1 Å². The number of fused-ring (bicyclic) bond motifs is 1. The molecule has 2 N–H and O–H groups in total. The quantitative estimate of drug-likeness (QED) is 0.724. The van der Waals surface area contributed by atoms with Gasteiger partial charge in [0.15, 0.2) is 5.01 Å². The predicted octanol–water partition coefficient (Wildman–Crippen LogP) is 0.474. The number of hydrogen-bond donors (Lipinski definition) is 2. The first-order chi connectivity index (χ1) is 13.5. The van der Waals surface area contributed by atoms with Crippen LogP contribution in [0.5, 0.6) is 0 Å². The van der Waals surface area contributed by atoms with E-state index >= 15 is 0 Å². The van der Waals surface area contributed by atoms with Gasteiger partial charge in [0, 0.05) is 24.5 Å². The molecule has 10 heteroatoms. The van der Waals surface area contributed by atoms with E-state index in [-0.39, 0.29) is 41.4 Å². The highest BCUT2D eigenvalue weighted by molar-refractivity contribution is 7.11. The van der Waals surface area contributed by atoms with E-state index in [2.05, 4.69) is 15.6 Å². The summed E-state index contributed by atoms with van der Waals surface area (Å²) in [6, 6.07) is 3.99. The molecule has 1 saturated heterocycles. The highest BCUT2D eigenvalue weighted by atomic mass is 32.1. The molecule has 9 nitrogen and oxygen atoms in total. The van der Waals surface area contributed by atoms with Crippen LogP contribution in [-0.4, -0.2) is 45.5 Å². The van der Waals surface area contributed by atoms with E-state index in [4.69, 9.17) is 0 Å². The minimum absolute atomic E-state index is 0.0576. The molecule has 5 amide bonds. The maximum atomic E-state index is 12.9. The molecule has 0 saturated carbocycles. The zero-order chi connectivity index (χ0) is 19.8. The van der Waals surface area contributed by atoms with E-state index in [0.717, 1.165) is 11.3 Å². The van der Waals surface area contributed by atoms with Gasteiger partial charge in [0.2, 0.25) is 11.8 Å². The van der Waals surface area contributed by atoms with Crippen LogP contribution >= 0.6 is 11.3 Å². The third-order valence-corrected chi connectivity index (χ3v) is 5.42. The van der Waals surface area contributed by atoms with Crippen LogP contribution < -0.4 is 10.6 Å². The molecule has 0 radical (unpaired) electrons. The van der Waals surface area contributed by atoms with Crippen LogP contribution in [-0.2, 0) is 16.1 Å². The van der Waals surface area contributed by atoms with Crippen molar-refractivity contribution in [1.29, 1.82) is 0 Å². The van der Waals surface area contributed by atoms with Gasteiger partial charge < -0.3 is 4.90 Å². The SMILES string of the molecule is O=C1CCC(N2Cc3cccc(C(=O)NC(=O)c4nccs4)c3C2=O)C(=O)N1. The number of nitrogens with one attached hydrogen (secondary N) is 2. The van der Waals surface area contributed by atoms with E-state index in [1.807, 2.05) is 0 Å². The maximum Gasteiger partial charge on any atom is 0.287 e. The van der Waals surface area contributed by atoms with Gasteiger partial charge in [0.25, 0.3) is 17.7 Å². The Morgan fingerprint density at radius 3 is 2.75 bits per heavy atom. The second-order valence-electron chi connectivity index (χ2n) is 6.36. The summed E-state index contributed by atoms with van der Waals surface area (Å²) in [4.78, 5) is 66.3. The number of aromatic nitrogens is 1. The number of thiazole rings is 1. The Bertz CT molecular complexity index is 1020. The molecule has 2 aliphatic rings. The molecule has 142 valence electrons. The molecule has 0 aliphatic carbocycles. The van der Waals surface area contributed by atoms with Gasteiger partial charge in [0.05, 0.1) is 11.1 Å². The summed E-state index contributed by atoms with van der Waals surface area (Å²) in [6.07, 6.45) is 1.83. The Labute approximate surface area is 162 Å². The highest BCUT2D eigenvalue weighted by Gasteiger charge is 2.40. The van der Waals surface area contributed by atoms with Crippen molar-refractivity contribution >= 4 is 40.9 Å². The average Bonchev–Trinajstić information content (AvgIpc) is 3.30. The molecule has 1 atom stereocenters. The standard InChI is InChI=1S/C18H14N4O5S/c23-12-5-4-11(15(25)20-12)22-8-9-2-1-3-10(13(9)18(22)27)14(24)21-16(26)17-19-6-7-28-17/h1-3,6-7,11H,4-5,8H2,(H,20,23,25)(H,21,24,26). The number of carbonyl (C=O) groups excluding carboxylic acids is 5. The van der Waals surface area contributed by atoms with E-state index in [0.29, 0.717) is 5.56 Å². The molecule has 3 heterocycles.